The van der Waals surface area contributed by atoms with Crippen LogP contribution < -0.4 is 4.74 Å². The van der Waals surface area contributed by atoms with Crippen LogP contribution in [0.3, 0.4) is 0 Å². The van der Waals surface area contributed by atoms with E-state index in [4.69, 9.17) is 4.74 Å². The normalized spacial score (nSPS) is 18.7. The van der Waals surface area contributed by atoms with Crippen molar-refractivity contribution in [3.8, 4) is 11.4 Å². The molecule has 3 rings (SSSR count). The number of ketones is 1. The topological polar surface area (TPSA) is 69.9 Å². The van der Waals surface area contributed by atoms with Crippen molar-refractivity contribution in [1.82, 2.24) is 20.2 Å². The van der Waals surface area contributed by atoms with Crippen LogP contribution in [0.15, 0.2) is 29.4 Å². The Morgan fingerprint density at radius 1 is 1.33 bits per heavy atom. The predicted octanol–water partition coefficient (Wildman–Crippen LogP) is 2.27. The highest BCUT2D eigenvalue weighted by molar-refractivity contribution is 8.00. The molecule has 0 bridgehead atoms. The molecule has 7 heteroatoms. The second kappa shape index (κ2) is 6.26. The van der Waals surface area contributed by atoms with Crippen molar-refractivity contribution < 1.29 is 9.53 Å². The van der Waals surface area contributed by atoms with Gasteiger partial charge in [-0.2, -0.15) is 4.68 Å². The molecule has 1 fully saturated rings. The monoisotopic (exact) mass is 304 g/mol. The number of Topliss-reactive ketones (excluding diaryl/α,β-unsaturated/α-hetero) is 1. The maximum absolute atomic E-state index is 12.0. The molecule has 0 saturated heterocycles. The summed E-state index contributed by atoms with van der Waals surface area (Å²) in [6.07, 6.45) is 3.63. The molecule has 1 atom stereocenters. The van der Waals surface area contributed by atoms with Gasteiger partial charge in [-0.1, -0.05) is 30.3 Å². The van der Waals surface area contributed by atoms with E-state index in [1.54, 1.807) is 11.8 Å². The third kappa shape index (κ3) is 2.92. The number of hydrogen-bond acceptors (Lipinski definition) is 6. The second-order valence-electron chi connectivity index (χ2n) is 4.86. The first-order chi connectivity index (χ1) is 10.3. The van der Waals surface area contributed by atoms with Crippen LogP contribution in [-0.2, 0) is 4.79 Å². The number of rotatable bonds is 4. The van der Waals surface area contributed by atoms with Crippen molar-refractivity contribution in [3.63, 3.8) is 0 Å². The van der Waals surface area contributed by atoms with Crippen molar-refractivity contribution >= 4 is 17.5 Å². The Morgan fingerprint density at radius 3 is 3.00 bits per heavy atom. The number of carbonyl (C=O) groups is 1. The molecule has 21 heavy (non-hydrogen) atoms. The van der Waals surface area contributed by atoms with E-state index in [-0.39, 0.29) is 5.25 Å². The van der Waals surface area contributed by atoms with Crippen LogP contribution in [0.25, 0.3) is 5.69 Å². The van der Waals surface area contributed by atoms with E-state index in [0.29, 0.717) is 23.1 Å². The first-order valence-electron chi connectivity index (χ1n) is 6.90. The summed E-state index contributed by atoms with van der Waals surface area (Å²) in [6.45, 7) is 0. The lowest BCUT2D eigenvalue weighted by atomic mass is 9.99. The molecule has 1 aromatic heterocycles. The van der Waals surface area contributed by atoms with Crippen LogP contribution in [-0.4, -0.2) is 38.4 Å². The highest BCUT2D eigenvalue weighted by Gasteiger charge is 2.26. The van der Waals surface area contributed by atoms with Gasteiger partial charge in [0.1, 0.15) is 17.2 Å². The Hall–Kier alpha value is -1.89. The number of hydrogen-bond donors (Lipinski definition) is 0. The van der Waals surface area contributed by atoms with Gasteiger partial charge in [-0.25, -0.2) is 0 Å². The summed E-state index contributed by atoms with van der Waals surface area (Å²) in [5.41, 5.74) is 0.774. The van der Waals surface area contributed by atoms with Crippen molar-refractivity contribution in [1.29, 1.82) is 0 Å². The Bertz CT molecular complexity index is 643. The fourth-order valence-electron chi connectivity index (χ4n) is 2.41. The molecular formula is C14H16N4O2S. The minimum atomic E-state index is -0.0433. The lowest BCUT2D eigenvalue weighted by Crippen LogP contribution is -2.21. The molecule has 0 amide bonds. The van der Waals surface area contributed by atoms with Gasteiger partial charge in [0.15, 0.2) is 0 Å². The quantitative estimate of drug-likeness (QED) is 0.863. The molecule has 1 saturated carbocycles. The first-order valence-corrected chi connectivity index (χ1v) is 7.78. The Balaban J connectivity index is 1.88. The average Bonchev–Trinajstić information content (AvgIpc) is 2.97. The summed E-state index contributed by atoms with van der Waals surface area (Å²) >= 11 is 1.44. The molecule has 1 heterocycles. The van der Waals surface area contributed by atoms with Gasteiger partial charge in [0.2, 0.25) is 5.16 Å². The Kier molecular flexibility index (Phi) is 4.19. The maximum atomic E-state index is 12.0. The van der Waals surface area contributed by atoms with E-state index in [0.717, 1.165) is 24.9 Å². The standard InChI is InChI=1S/C14H16N4O2S/c1-20-12-8-4-2-6-10(12)18-14(15-16-17-18)21-13-9-5-3-7-11(13)19/h2,4,6,8,13H,3,5,7,9H2,1H3/t13-/m1/s1. The molecular weight excluding hydrogens is 288 g/mol. The maximum Gasteiger partial charge on any atom is 0.214 e. The number of methoxy groups -OCH3 is 1. The van der Waals surface area contributed by atoms with Gasteiger partial charge in [0.25, 0.3) is 0 Å². The Labute approximate surface area is 126 Å². The van der Waals surface area contributed by atoms with Crippen LogP contribution in [0.5, 0.6) is 5.75 Å². The number of para-hydroxylation sites is 2. The molecule has 110 valence electrons. The van der Waals surface area contributed by atoms with E-state index in [9.17, 15) is 4.79 Å². The number of carbonyl (C=O) groups excluding carboxylic acids is 1. The highest BCUT2D eigenvalue weighted by atomic mass is 32.2. The van der Waals surface area contributed by atoms with Gasteiger partial charge in [0, 0.05) is 6.42 Å². The zero-order valence-corrected chi connectivity index (χ0v) is 12.5. The van der Waals surface area contributed by atoms with Crippen molar-refractivity contribution in [2.75, 3.05) is 7.11 Å². The van der Waals surface area contributed by atoms with Gasteiger partial charge in [-0.05, 0) is 35.4 Å². The molecule has 1 aliphatic carbocycles. The van der Waals surface area contributed by atoms with Gasteiger partial charge >= 0.3 is 0 Å². The van der Waals surface area contributed by atoms with Crippen LogP contribution in [0, 0.1) is 0 Å². The molecule has 2 aromatic rings. The predicted molar refractivity (Wildman–Crippen MR) is 78.8 cm³/mol. The summed E-state index contributed by atoms with van der Waals surface area (Å²) in [5, 5.41) is 12.4. The summed E-state index contributed by atoms with van der Waals surface area (Å²) in [7, 11) is 1.61. The molecule has 1 aromatic carbocycles. The summed E-state index contributed by atoms with van der Waals surface area (Å²) in [4.78, 5) is 12.0. The minimum Gasteiger partial charge on any atom is -0.494 e. The SMILES string of the molecule is COc1ccccc1-n1nnnc1S[C@@H]1CCCCC1=O. The van der Waals surface area contributed by atoms with E-state index in [1.807, 2.05) is 24.3 Å². The van der Waals surface area contributed by atoms with Gasteiger partial charge in [-0.3, -0.25) is 4.79 Å². The van der Waals surface area contributed by atoms with Crippen LogP contribution >= 0.6 is 11.8 Å². The lowest BCUT2D eigenvalue weighted by Gasteiger charge is -2.19. The van der Waals surface area contributed by atoms with Crippen molar-refractivity contribution in [2.45, 2.75) is 36.1 Å². The van der Waals surface area contributed by atoms with Crippen LogP contribution in [0.4, 0.5) is 0 Å². The average molecular weight is 304 g/mol. The molecule has 6 nitrogen and oxygen atoms in total. The zero-order chi connectivity index (χ0) is 14.7. The smallest absolute Gasteiger partial charge is 0.214 e. The zero-order valence-electron chi connectivity index (χ0n) is 11.7. The first kappa shape index (κ1) is 14.1. The number of benzene rings is 1. The number of thioether (sulfide) groups is 1. The second-order valence-corrected chi connectivity index (χ2v) is 6.03. The van der Waals surface area contributed by atoms with E-state index >= 15 is 0 Å². The van der Waals surface area contributed by atoms with E-state index in [1.165, 1.54) is 11.8 Å². The third-order valence-corrected chi connectivity index (χ3v) is 4.75. The Morgan fingerprint density at radius 2 is 2.19 bits per heavy atom. The van der Waals surface area contributed by atoms with Gasteiger partial charge in [-0.15, -0.1) is 5.10 Å². The number of tetrazole rings is 1. The number of aromatic nitrogens is 4. The molecule has 0 radical (unpaired) electrons. The number of nitrogens with zero attached hydrogens (tertiary/aromatic N) is 4. The van der Waals surface area contributed by atoms with Crippen LogP contribution in [0.1, 0.15) is 25.7 Å². The molecule has 0 aliphatic heterocycles. The molecule has 0 spiro atoms. The molecule has 0 N–H and O–H groups in total. The summed E-state index contributed by atoms with van der Waals surface area (Å²) < 4.78 is 6.97. The molecule has 1 aliphatic rings. The van der Waals surface area contributed by atoms with Crippen LogP contribution in [0.2, 0.25) is 0 Å². The third-order valence-electron chi connectivity index (χ3n) is 3.50. The number of ether oxygens (including phenoxy) is 1. The van der Waals surface area contributed by atoms with Crippen molar-refractivity contribution in [2.24, 2.45) is 0 Å². The van der Waals surface area contributed by atoms with Gasteiger partial charge < -0.3 is 4.74 Å². The van der Waals surface area contributed by atoms with E-state index in [2.05, 4.69) is 15.5 Å². The van der Waals surface area contributed by atoms with E-state index < -0.39 is 0 Å². The van der Waals surface area contributed by atoms with Crippen molar-refractivity contribution in [3.05, 3.63) is 24.3 Å². The molecule has 0 unspecified atom stereocenters. The lowest BCUT2D eigenvalue weighted by molar-refractivity contribution is -0.119. The fraction of sp³-hybridized carbons (Fsp3) is 0.429. The van der Waals surface area contributed by atoms with Gasteiger partial charge in [0.05, 0.1) is 12.4 Å². The fourth-order valence-corrected chi connectivity index (χ4v) is 3.52. The largest absolute Gasteiger partial charge is 0.494 e. The summed E-state index contributed by atoms with van der Waals surface area (Å²) in [6, 6.07) is 7.54. The summed E-state index contributed by atoms with van der Waals surface area (Å²) in [5.74, 6) is 0.988. The minimum absolute atomic E-state index is 0.0433. The highest BCUT2D eigenvalue weighted by Crippen LogP contribution is 2.32.